The first-order valence-electron chi connectivity index (χ1n) is 8.02. The maximum Gasteiger partial charge on any atom is 0.223 e. The topological polar surface area (TPSA) is 91.0 Å². The molecule has 1 atom stereocenters. The van der Waals surface area contributed by atoms with Gasteiger partial charge in [-0.3, -0.25) is 14.7 Å². The monoisotopic (exact) mass is 307 g/mol. The lowest BCUT2D eigenvalue weighted by molar-refractivity contribution is -0.133. The minimum Gasteiger partial charge on any atom is -0.346 e. The van der Waals surface area contributed by atoms with Gasteiger partial charge >= 0.3 is 0 Å². The van der Waals surface area contributed by atoms with Crippen LogP contribution in [0.25, 0.3) is 0 Å². The van der Waals surface area contributed by atoms with Gasteiger partial charge in [0.25, 0.3) is 0 Å². The van der Waals surface area contributed by atoms with Crippen LogP contribution in [0.15, 0.2) is 0 Å². The van der Waals surface area contributed by atoms with Crippen LogP contribution < -0.4 is 5.32 Å². The molecule has 1 aromatic rings. The molecule has 7 nitrogen and oxygen atoms in total. The van der Waals surface area contributed by atoms with Gasteiger partial charge in [-0.2, -0.15) is 5.10 Å². The van der Waals surface area contributed by atoms with E-state index in [2.05, 4.69) is 20.5 Å². The second kappa shape index (κ2) is 7.91. The molecule has 7 heteroatoms. The number of carbonyl (C=O) groups is 2. The fraction of sp³-hybridized carbons (Fsp3) is 0.733. The van der Waals surface area contributed by atoms with Crippen molar-refractivity contribution in [2.45, 2.75) is 58.4 Å². The molecule has 2 amide bonds. The Balaban J connectivity index is 1.73. The largest absolute Gasteiger partial charge is 0.346 e. The van der Waals surface area contributed by atoms with Crippen LogP contribution >= 0.6 is 0 Å². The van der Waals surface area contributed by atoms with Crippen molar-refractivity contribution in [2.24, 2.45) is 0 Å². The molecular weight excluding hydrogens is 282 g/mol. The van der Waals surface area contributed by atoms with Crippen molar-refractivity contribution in [2.75, 3.05) is 13.1 Å². The van der Waals surface area contributed by atoms with E-state index in [-0.39, 0.29) is 30.7 Å². The molecule has 2 N–H and O–H groups in total. The summed E-state index contributed by atoms with van der Waals surface area (Å²) in [5.41, 5.74) is 0. The van der Waals surface area contributed by atoms with Gasteiger partial charge in [-0.1, -0.05) is 12.8 Å². The third kappa shape index (κ3) is 4.82. The Bertz CT molecular complexity index is 506. The summed E-state index contributed by atoms with van der Waals surface area (Å²) in [6.07, 6.45) is 5.00. The Morgan fingerprint density at radius 2 is 1.91 bits per heavy atom. The van der Waals surface area contributed by atoms with Crippen molar-refractivity contribution in [3.63, 3.8) is 0 Å². The van der Waals surface area contributed by atoms with Crippen molar-refractivity contribution in [1.29, 1.82) is 0 Å². The summed E-state index contributed by atoms with van der Waals surface area (Å²) in [6.45, 7) is 5.29. The van der Waals surface area contributed by atoms with Crippen LogP contribution in [-0.2, 0) is 9.59 Å². The molecule has 0 unspecified atom stereocenters. The van der Waals surface area contributed by atoms with E-state index in [0.29, 0.717) is 11.6 Å². The van der Waals surface area contributed by atoms with Gasteiger partial charge in [0.15, 0.2) is 5.82 Å². The minimum absolute atomic E-state index is 0.0819. The summed E-state index contributed by atoms with van der Waals surface area (Å²) in [4.78, 5) is 30.1. The second-order valence-corrected chi connectivity index (χ2v) is 5.86. The number of aromatic amines is 1. The van der Waals surface area contributed by atoms with E-state index >= 15 is 0 Å². The number of H-pyrrole nitrogens is 1. The number of aromatic nitrogens is 3. The predicted octanol–water partition coefficient (Wildman–Crippen LogP) is 1.47. The summed E-state index contributed by atoms with van der Waals surface area (Å²) in [5, 5.41) is 9.60. The zero-order chi connectivity index (χ0) is 15.9. The van der Waals surface area contributed by atoms with Crippen molar-refractivity contribution in [3.8, 4) is 0 Å². The number of hydrogen-bond donors (Lipinski definition) is 2. The van der Waals surface area contributed by atoms with E-state index in [1.807, 2.05) is 18.7 Å². The normalized spacial score (nSPS) is 16.9. The number of carbonyl (C=O) groups excluding carboxylic acids is 2. The Labute approximate surface area is 130 Å². The minimum atomic E-state index is -0.259. The average molecular weight is 307 g/mol. The molecule has 1 saturated heterocycles. The first kappa shape index (κ1) is 16.5. The molecule has 22 heavy (non-hydrogen) atoms. The van der Waals surface area contributed by atoms with E-state index in [1.54, 1.807) is 0 Å². The van der Waals surface area contributed by atoms with E-state index in [4.69, 9.17) is 0 Å². The molecule has 0 aliphatic carbocycles. The van der Waals surface area contributed by atoms with Gasteiger partial charge < -0.3 is 10.2 Å². The van der Waals surface area contributed by atoms with E-state index in [9.17, 15) is 9.59 Å². The van der Waals surface area contributed by atoms with Crippen LogP contribution in [0.5, 0.6) is 0 Å². The third-order valence-corrected chi connectivity index (χ3v) is 3.90. The molecule has 1 aliphatic rings. The summed E-state index contributed by atoms with van der Waals surface area (Å²) < 4.78 is 0. The molecule has 0 aromatic carbocycles. The number of aryl methyl sites for hydroxylation is 1. The maximum absolute atomic E-state index is 12.1. The van der Waals surface area contributed by atoms with E-state index in [1.165, 1.54) is 12.8 Å². The molecule has 0 radical (unpaired) electrons. The average Bonchev–Trinajstić information content (AvgIpc) is 2.76. The van der Waals surface area contributed by atoms with Crippen LogP contribution in [-0.4, -0.2) is 45.0 Å². The first-order valence-corrected chi connectivity index (χ1v) is 8.02. The molecule has 2 rings (SSSR count). The van der Waals surface area contributed by atoms with Gasteiger partial charge in [0.05, 0.1) is 6.04 Å². The number of nitrogens with zero attached hydrogens (tertiary/aromatic N) is 3. The molecule has 1 aromatic heterocycles. The van der Waals surface area contributed by atoms with Crippen LogP contribution in [0, 0.1) is 6.92 Å². The molecule has 1 aliphatic heterocycles. The molecule has 0 bridgehead atoms. The lowest BCUT2D eigenvalue weighted by Gasteiger charge is -2.20. The fourth-order valence-electron chi connectivity index (χ4n) is 2.63. The quantitative estimate of drug-likeness (QED) is 0.862. The Morgan fingerprint density at radius 3 is 2.50 bits per heavy atom. The van der Waals surface area contributed by atoms with Crippen molar-refractivity contribution in [1.82, 2.24) is 25.4 Å². The van der Waals surface area contributed by atoms with E-state index in [0.717, 1.165) is 25.9 Å². The van der Waals surface area contributed by atoms with Crippen molar-refractivity contribution >= 4 is 11.8 Å². The van der Waals surface area contributed by atoms with Gasteiger partial charge in [-0.15, -0.1) is 0 Å². The zero-order valence-electron chi connectivity index (χ0n) is 13.4. The van der Waals surface area contributed by atoms with Crippen LogP contribution in [0.1, 0.15) is 63.1 Å². The fourth-order valence-corrected chi connectivity index (χ4v) is 2.63. The molecule has 1 fully saturated rings. The summed E-state index contributed by atoms with van der Waals surface area (Å²) in [5.74, 6) is 1.22. The van der Waals surface area contributed by atoms with Gasteiger partial charge in [0, 0.05) is 25.9 Å². The number of amides is 2. The molecule has 122 valence electrons. The van der Waals surface area contributed by atoms with E-state index < -0.39 is 0 Å². The smallest absolute Gasteiger partial charge is 0.223 e. The van der Waals surface area contributed by atoms with Gasteiger partial charge in [0.2, 0.25) is 11.8 Å². The maximum atomic E-state index is 12.1. The Kier molecular flexibility index (Phi) is 5.91. The lowest BCUT2D eigenvalue weighted by atomic mass is 10.2. The highest BCUT2D eigenvalue weighted by molar-refractivity contribution is 5.83. The number of nitrogens with one attached hydrogen (secondary N) is 2. The van der Waals surface area contributed by atoms with Crippen molar-refractivity contribution < 1.29 is 9.59 Å². The predicted molar refractivity (Wildman–Crippen MR) is 82.0 cm³/mol. The van der Waals surface area contributed by atoms with Gasteiger partial charge in [-0.05, 0) is 26.7 Å². The Hall–Kier alpha value is -1.92. The number of likely N-dealkylation sites (tertiary alicyclic amines) is 1. The number of rotatable bonds is 5. The molecule has 0 saturated carbocycles. The Morgan fingerprint density at radius 1 is 1.23 bits per heavy atom. The van der Waals surface area contributed by atoms with Crippen LogP contribution in [0.3, 0.4) is 0 Å². The highest BCUT2D eigenvalue weighted by Gasteiger charge is 2.18. The van der Waals surface area contributed by atoms with Gasteiger partial charge in [-0.25, -0.2) is 4.98 Å². The highest BCUT2D eigenvalue weighted by Crippen LogP contribution is 2.12. The van der Waals surface area contributed by atoms with Crippen LogP contribution in [0.4, 0.5) is 0 Å². The van der Waals surface area contributed by atoms with Crippen molar-refractivity contribution in [3.05, 3.63) is 11.6 Å². The second-order valence-electron chi connectivity index (χ2n) is 5.86. The molecule has 0 spiro atoms. The summed E-state index contributed by atoms with van der Waals surface area (Å²) in [7, 11) is 0. The first-order chi connectivity index (χ1) is 10.6. The van der Waals surface area contributed by atoms with Gasteiger partial charge in [0.1, 0.15) is 5.82 Å². The number of hydrogen-bond acceptors (Lipinski definition) is 4. The molecule has 2 heterocycles. The summed E-state index contributed by atoms with van der Waals surface area (Å²) >= 11 is 0. The summed E-state index contributed by atoms with van der Waals surface area (Å²) in [6, 6.07) is -0.259. The lowest BCUT2D eigenvalue weighted by Crippen LogP contribution is -2.33. The van der Waals surface area contributed by atoms with Crippen LogP contribution in [0.2, 0.25) is 0 Å². The standard InChI is InChI=1S/C15H25N5O2/c1-11(15-17-12(2)18-19-15)16-13(21)7-8-14(22)20-9-5-3-4-6-10-20/h11H,3-10H2,1-2H3,(H,16,21)(H,17,18,19)/t11-/m0/s1. The third-order valence-electron chi connectivity index (χ3n) is 3.90. The zero-order valence-corrected chi connectivity index (χ0v) is 13.4. The SMILES string of the molecule is Cc1nc([C@H](C)NC(=O)CCC(=O)N2CCCCCC2)n[nH]1. The highest BCUT2D eigenvalue weighted by atomic mass is 16.2. The molecular formula is C15H25N5O2.